The van der Waals surface area contributed by atoms with E-state index in [1.54, 1.807) is 0 Å². The standard InChI is InChI=1S/C10H14O.C4H9NO.ClH/c1-2-9-3-5-10(6-4-9)7-8-11;1-3-6-4-2-5-1;/h3-6,11H,2,7-8H2,1H3;5H,1-4H2;1H. The van der Waals surface area contributed by atoms with Crippen LogP contribution in [0.15, 0.2) is 24.3 Å². The van der Waals surface area contributed by atoms with Gasteiger partial charge in [0, 0.05) is 19.7 Å². The second-order valence-electron chi connectivity index (χ2n) is 4.01. The van der Waals surface area contributed by atoms with E-state index in [2.05, 4.69) is 36.5 Å². The fourth-order valence-electron chi connectivity index (χ4n) is 1.59. The Morgan fingerprint density at radius 2 is 1.67 bits per heavy atom. The molecule has 1 aliphatic heterocycles. The third-order valence-corrected chi connectivity index (χ3v) is 2.68. The van der Waals surface area contributed by atoms with Crippen LogP contribution in [0.2, 0.25) is 0 Å². The van der Waals surface area contributed by atoms with Gasteiger partial charge in [-0.25, -0.2) is 0 Å². The molecule has 4 heteroatoms. The zero-order valence-electron chi connectivity index (χ0n) is 11.0. The maximum Gasteiger partial charge on any atom is 0.0591 e. The summed E-state index contributed by atoms with van der Waals surface area (Å²) in [6.07, 6.45) is 1.85. The van der Waals surface area contributed by atoms with Gasteiger partial charge in [-0.05, 0) is 24.0 Å². The molecule has 2 rings (SSSR count). The van der Waals surface area contributed by atoms with Crippen LogP contribution in [-0.2, 0) is 17.6 Å². The lowest BCUT2D eigenvalue weighted by molar-refractivity contribution is 0.109. The molecule has 104 valence electrons. The van der Waals surface area contributed by atoms with Crippen molar-refractivity contribution in [2.24, 2.45) is 0 Å². The monoisotopic (exact) mass is 273 g/mol. The summed E-state index contributed by atoms with van der Waals surface area (Å²) in [7, 11) is 0. The van der Waals surface area contributed by atoms with Crippen molar-refractivity contribution in [2.75, 3.05) is 32.9 Å². The number of hydrogen-bond donors (Lipinski definition) is 2. The number of aliphatic hydroxyl groups is 1. The van der Waals surface area contributed by atoms with Gasteiger partial charge in [-0.2, -0.15) is 0 Å². The molecule has 2 N–H and O–H groups in total. The van der Waals surface area contributed by atoms with Gasteiger partial charge in [0.2, 0.25) is 0 Å². The summed E-state index contributed by atoms with van der Waals surface area (Å²) in [6.45, 7) is 6.21. The average molecular weight is 274 g/mol. The van der Waals surface area contributed by atoms with Crippen molar-refractivity contribution in [3.63, 3.8) is 0 Å². The van der Waals surface area contributed by atoms with Crippen LogP contribution in [0.4, 0.5) is 0 Å². The maximum absolute atomic E-state index is 8.65. The first-order chi connectivity index (χ1) is 8.36. The van der Waals surface area contributed by atoms with Gasteiger partial charge < -0.3 is 15.2 Å². The lowest BCUT2D eigenvalue weighted by Gasteiger charge is -2.10. The van der Waals surface area contributed by atoms with E-state index in [1.165, 1.54) is 11.1 Å². The predicted molar refractivity (Wildman–Crippen MR) is 77.5 cm³/mol. The molecule has 1 aliphatic rings. The van der Waals surface area contributed by atoms with Crippen LogP contribution >= 0.6 is 12.4 Å². The minimum Gasteiger partial charge on any atom is -0.396 e. The molecule has 1 saturated heterocycles. The Bertz CT molecular complexity index is 275. The van der Waals surface area contributed by atoms with Crippen LogP contribution in [0, 0.1) is 0 Å². The minimum atomic E-state index is 0. The van der Waals surface area contributed by atoms with Gasteiger partial charge in [-0.3, -0.25) is 0 Å². The fourth-order valence-corrected chi connectivity index (χ4v) is 1.59. The highest BCUT2D eigenvalue weighted by atomic mass is 35.5. The lowest BCUT2D eigenvalue weighted by Crippen LogP contribution is -2.30. The summed E-state index contributed by atoms with van der Waals surface area (Å²) < 4.78 is 5.01. The molecule has 1 fully saturated rings. The van der Waals surface area contributed by atoms with Crippen molar-refractivity contribution in [2.45, 2.75) is 19.8 Å². The smallest absolute Gasteiger partial charge is 0.0591 e. The number of hydrogen-bond acceptors (Lipinski definition) is 3. The molecule has 0 bridgehead atoms. The van der Waals surface area contributed by atoms with E-state index < -0.39 is 0 Å². The molecular weight excluding hydrogens is 250 g/mol. The van der Waals surface area contributed by atoms with Gasteiger partial charge in [-0.1, -0.05) is 31.2 Å². The molecule has 0 unspecified atom stereocenters. The van der Waals surface area contributed by atoms with E-state index in [-0.39, 0.29) is 19.0 Å². The van der Waals surface area contributed by atoms with Gasteiger partial charge in [0.25, 0.3) is 0 Å². The fraction of sp³-hybridized carbons (Fsp3) is 0.571. The van der Waals surface area contributed by atoms with Crippen LogP contribution in [0.1, 0.15) is 18.1 Å². The molecule has 1 aromatic rings. The van der Waals surface area contributed by atoms with Crippen LogP contribution in [-0.4, -0.2) is 38.0 Å². The number of aliphatic hydroxyl groups excluding tert-OH is 1. The lowest BCUT2D eigenvalue weighted by atomic mass is 10.1. The van der Waals surface area contributed by atoms with E-state index >= 15 is 0 Å². The highest BCUT2D eigenvalue weighted by Crippen LogP contribution is 2.04. The Hall–Kier alpha value is -0.610. The first-order valence-electron chi connectivity index (χ1n) is 6.34. The number of aryl methyl sites for hydroxylation is 1. The Balaban J connectivity index is 0.000000352. The maximum atomic E-state index is 8.65. The number of halogens is 1. The van der Waals surface area contributed by atoms with E-state index in [0.717, 1.165) is 39.1 Å². The normalized spacial score (nSPS) is 14.1. The highest BCUT2D eigenvalue weighted by Gasteiger charge is 1.93. The SMILES string of the molecule is C1COCCN1.CCc1ccc(CCO)cc1.Cl. The molecule has 0 amide bonds. The van der Waals surface area contributed by atoms with Gasteiger partial charge >= 0.3 is 0 Å². The summed E-state index contributed by atoms with van der Waals surface area (Å²) in [5, 5.41) is 11.8. The molecule has 0 aromatic heterocycles. The van der Waals surface area contributed by atoms with E-state index in [0.29, 0.717) is 0 Å². The molecule has 0 aliphatic carbocycles. The molecule has 0 spiro atoms. The van der Waals surface area contributed by atoms with Crippen molar-refractivity contribution >= 4 is 12.4 Å². The Morgan fingerprint density at radius 1 is 1.11 bits per heavy atom. The highest BCUT2D eigenvalue weighted by molar-refractivity contribution is 5.85. The molecule has 0 radical (unpaired) electrons. The number of ether oxygens (including phenoxy) is 1. The first-order valence-corrected chi connectivity index (χ1v) is 6.34. The second-order valence-corrected chi connectivity index (χ2v) is 4.01. The number of benzene rings is 1. The number of rotatable bonds is 3. The molecule has 0 saturated carbocycles. The van der Waals surface area contributed by atoms with Gasteiger partial charge in [0.15, 0.2) is 0 Å². The average Bonchev–Trinajstić information content (AvgIpc) is 2.43. The number of morpholine rings is 1. The molecule has 0 atom stereocenters. The first kappa shape index (κ1) is 17.4. The van der Waals surface area contributed by atoms with Crippen molar-refractivity contribution < 1.29 is 9.84 Å². The summed E-state index contributed by atoms with van der Waals surface area (Å²) in [4.78, 5) is 0. The van der Waals surface area contributed by atoms with E-state index in [9.17, 15) is 0 Å². The van der Waals surface area contributed by atoms with Crippen LogP contribution in [0.25, 0.3) is 0 Å². The van der Waals surface area contributed by atoms with E-state index in [1.807, 2.05) is 0 Å². The van der Waals surface area contributed by atoms with Crippen molar-refractivity contribution in [1.82, 2.24) is 5.32 Å². The second kappa shape index (κ2) is 11.5. The molecule has 1 heterocycles. The zero-order valence-corrected chi connectivity index (χ0v) is 11.8. The summed E-state index contributed by atoms with van der Waals surface area (Å²) in [6, 6.07) is 8.39. The Kier molecular flexibility index (Phi) is 11.1. The van der Waals surface area contributed by atoms with Gasteiger partial charge in [0.1, 0.15) is 0 Å². The van der Waals surface area contributed by atoms with Crippen LogP contribution < -0.4 is 5.32 Å². The molecular formula is C14H24ClNO2. The summed E-state index contributed by atoms with van der Waals surface area (Å²) in [5.74, 6) is 0. The van der Waals surface area contributed by atoms with Gasteiger partial charge in [-0.15, -0.1) is 12.4 Å². The van der Waals surface area contributed by atoms with Crippen LogP contribution in [0.5, 0.6) is 0 Å². The quantitative estimate of drug-likeness (QED) is 0.883. The number of nitrogens with one attached hydrogen (secondary N) is 1. The largest absolute Gasteiger partial charge is 0.396 e. The third kappa shape index (κ3) is 7.67. The molecule has 18 heavy (non-hydrogen) atoms. The minimum absolute atomic E-state index is 0. The predicted octanol–water partition coefficient (Wildman–Crippen LogP) is 1.81. The Labute approximate surface area is 116 Å². The van der Waals surface area contributed by atoms with Crippen LogP contribution in [0.3, 0.4) is 0 Å². The van der Waals surface area contributed by atoms with E-state index in [4.69, 9.17) is 9.84 Å². The van der Waals surface area contributed by atoms with Crippen molar-refractivity contribution in [3.05, 3.63) is 35.4 Å². The zero-order chi connectivity index (χ0) is 12.3. The summed E-state index contributed by atoms with van der Waals surface area (Å²) >= 11 is 0. The summed E-state index contributed by atoms with van der Waals surface area (Å²) in [5.41, 5.74) is 2.57. The molecule has 3 nitrogen and oxygen atoms in total. The third-order valence-electron chi connectivity index (χ3n) is 2.68. The topological polar surface area (TPSA) is 41.5 Å². The Morgan fingerprint density at radius 3 is 2.00 bits per heavy atom. The van der Waals surface area contributed by atoms with Crippen molar-refractivity contribution in [1.29, 1.82) is 0 Å². The molecule has 1 aromatic carbocycles. The van der Waals surface area contributed by atoms with Crippen molar-refractivity contribution in [3.8, 4) is 0 Å². The van der Waals surface area contributed by atoms with Gasteiger partial charge in [0.05, 0.1) is 13.2 Å².